The predicted molar refractivity (Wildman–Crippen MR) is 137 cm³/mol. The number of methoxy groups -OCH3 is 1. The second-order valence-corrected chi connectivity index (χ2v) is 9.76. The molecule has 0 saturated carbocycles. The highest BCUT2D eigenvalue weighted by atomic mass is 16.6. The Morgan fingerprint density at radius 1 is 0.972 bits per heavy atom. The van der Waals surface area contributed by atoms with Crippen LogP contribution in [0.2, 0.25) is 0 Å². The van der Waals surface area contributed by atoms with Gasteiger partial charge in [-0.25, -0.2) is 4.79 Å². The third kappa shape index (κ3) is 4.15. The van der Waals surface area contributed by atoms with E-state index >= 15 is 0 Å². The molecule has 36 heavy (non-hydrogen) atoms. The molecule has 3 aromatic carbocycles. The minimum absolute atomic E-state index is 0.0426. The van der Waals surface area contributed by atoms with Crippen molar-refractivity contribution in [3.63, 3.8) is 0 Å². The first-order valence-corrected chi connectivity index (χ1v) is 11.6. The summed E-state index contributed by atoms with van der Waals surface area (Å²) in [6.45, 7) is 8.20. The van der Waals surface area contributed by atoms with Gasteiger partial charge in [0, 0.05) is 10.9 Å². The lowest BCUT2D eigenvalue weighted by atomic mass is 9.86. The first kappa shape index (κ1) is 23.4. The van der Waals surface area contributed by atoms with Crippen LogP contribution in [-0.4, -0.2) is 18.9 Å². The molecule has 0 bridgehead atoms. The zero-order valence-corrected chi connectivity index (χ0v) is 20.8. The van der Waals surface area contributed by atoms with Crippen molar-refractivity contribution < 1.29 is 28.2 Å². The fourth-order valence-corrected chi connectivity index (χ4v) is 4.16. The predicted octanol–water partition coefficient (Wildman–Crippen LogP) is 6.88. The number of carbonyl (C=O) groups is 2. The molecule has 182 valence electrons. The summed E-state index contributed by atoms with van der Waals surface area (Å²) in [5.74, 6) is 0.601. The summed E-state index contributed by atoms with van der Waals surface area (Å²) in [5, 5.41) is 0.728. The molecule has 0 unspecified atom stereocenters. The largest absolute Gasteiger partial charge is 0.493 e. The number of hydrogen-bond acceptors (Lipinski definition) is 6. The second-order valence-electron chi connectivity index (χ2n) is 9.76. The molecule has 0 spiro atoms. The van der Waals surface area contributed by atoms with Crippen LogP contribution in [0.15, 0.2) is 70.8 Å². The molecule has 6 heteroatoms. The second kappa shape index (κ2) is 8.72. The zero-order chi connectivity index (χ0) is 25.6. The quantitative estimate of drug-likeness (QED) is 0.179. The molecule has 0 fully saturated rings. The number of allylic oxidation sites excluding steroid dienone is 1. The van der Waals surface area contributed by atoms with E-state index in [0.717, 1.165) is 10.9 Å². The lowest BCUT2D eigenvalue weighted by Crippen LogP contribution is -2.10. The Morgan fingerprint density at radius 3 is 2.42 bits per heavy atom. The van der Waals surface area contributed by atoms with Crippen LogP contribution in [0.1, 0.15) is 58.4 Å². The number of para-hydroxylation sites is 1. The molecular formula is C30H26O6. The monoisotopic (exact) mass is 482 g/mol. The fourth-order valence-electron chi connectivity index (χ4n) is 4.16. The van der Waals surface area contributed by atoms with Crippen molar-refractivity contribution in [2.45, 2.75) is 33.1 Å². The summed E-state index contributed by atoms with van der Waals surface area (Å²) >= 11 is 0. The van der Waals surface area contributed by atoms with Gasteiger partial charge in [0.25, 0.3) is 0 Å². The average molecular weight is 483 g/mol. The van der Waals surface area contributed by atoms with E-state index in [1.54, 1.807) is 37.3 Å². The Labute approximate surface area is 209 Å². The first-order chi connectivity index (χ1) is 17.2. The molecule has 5 rings (SSSR count). The number of hydrogen-bond donors (Lipinski definition) is 0. The molecule has 2 heterocycles. The van der Waals surface area contributed by atoms with Crippen LogP contribution in [-0.2, 0) is 5.41 Å². The van der Waals surface area contributed by atoms with Gasteiger partial charge in [-0.1, -0.05) is 57.2 Å². The number of carbonyl (C=O) groups excluding carboxylic acids is 2. The number of Topliss-reactive ketones (excluding diaryl/α,β-unsaturated/α-hetero) is 1. The maximum atomic E-state index is 13.0. The van der Waals surface area contributed by atoms with Gasteiger partial charge in [-0.3, -0.25) is 4.79 Å². The van der Waals surface area contributed by atoms with Gasteiger partial charge in [-0.15, -0.1) is 0 Å². The average Bonchev–Trinajstić information content (AvgIpc) is 3.42. The van der Waals surface area contributed by atoms with Gasteiger partial charge in [0.2, 0.25) is 11.5 Å². The third-order valence-corrected chi connectivity index (χ3v) is 6.24. The summed E-state index contributed by atoms with van der Waals surface area (Å²) in [7, 11) is 1.54. The Morgan fingerprint density at radius 2 is 1.72 bits per heavy atom. The Balaban J connectivity index is 1.39. The van der Waals surface area contributed by atoms with Crippen molar-refractivity contribution in [1.82, 2.24) is 0 Å². The lowest BCUT2D eigenvalue weighted by molar-refractivity contribution is 0.0702. The van der Waals surface area contributed by atoms with Crippen LogP contribution >= 0.6 is 0 Å². The Hall–Kier alpha value is -4.32. The topological polar surface area (TPSA) is 75.0 Å². The molecule has 1 aliphatic heterocycles. The van der Waals surface area contributed by atoms with E-state index < -0.39 is 5.97 Å². The number of rotatable bonds is 4. The standard InChI is InChI=1S/C30H26O6/c1-17-22(36-29(32)25-16-19-7-6-8-23(33-5)28(19)35-25)14-13-21-26(31)24(34-27(17)21)15-18-9-11-20(12-10-18)30(2,3)4/h6-16H,1-5H3/b24-15-. The Kier molecular flexibility index (Phi) is 5.67. The van der Waals surface area contributed by atoms with Gasteiger partial charge in [0.1, 0.15) is 11.5 Å². The molecule has 0 N–H and O–H groups in total. The summed E-state index contributed by atoms with van der Waals surface area (Å²) in [6.07, 6.45) is 1.72. The van der Waals surface area contributed by atoms with Gasteiger partial charge >= 0.3 is 5.97 Å². The van der Waals surface area contributed by atoms with Crippen LogP contribution in [0, 0.1) is 6.92 Å². The van der Waals surface area contributed by atoms with Crippen molar-refractivity contribution in [1.29, 1.82) is 0 Å². The van der Waals surface area contributed by atoms with Crippen molar-refractivity contribution in [3.8, 4) is 17.2 Å². The number of furan rings is 1. The molecule has 1 aromatic heterocycles. The van der Waals surface area contributed by atoms with E-state index in [1.165, 1.54) is 12.7 Å². The van der Waals surface area contributed by atoms with Crippen molar-refractivity contribution in [2.75, 3.05) is 7.11 Å². The normalized spacial score (nSPS) is 14.1. The maximum absolute atomic E-state index is 13.0. The number of fused-ring (bicyclic) bond motifs is 2. The van der Waals surface area contributed by atoms with Crippen LogP contribution in [0.5, 0.6) is 17.2 Å². The highest BCUT2D eigenvalue weighted by molar-refractivity contribution is 6.15. The third-order valence-electron chi connectivity index (χ3n) is 6.24. The molecular weight excluding hydrogens is 456 g/mol. The van der Waals surface area contributed by atoms with Gasteiger partial charge in [0.15, 0.2) is 17.1 Å². The van der Waals surface area contributed by atoms with E-state index in [-0.39, 0.29) is 28.5 Å². The fraction of sp³-hybridized carbons (Fsp3) is 0.200. The van der Waals surface area contributed by atoms with Gasteiger partial charge in [-0.2, -0.15) is 0 Å². The van der Waals surface area contributed by atoms with Crippen molar-refractivity contribution in [2.24, 2.45) is 0 Å². The van der Waals surface area contributed by atoms with Crippen molar-refractivity contribution >= 4 is 28.8 Å². The number of ether oxygens (including phenoxy) is 3. The molecule has 0 amide bonds. The van der Waals surface area contributed by atoms with Crippen LogP contribution in [0.4, 0.5) is 0 Å². The lowest BCUT2D eigenvalue weighted by Gasteiger charge is -2.18. The molecule has 1 aliphatic rings. The van der Waals surface area contributed by atoms with Gasteiger partial charge < -0.3 is 18.6 Å². The van der Waals surface area contributed by atoms with E-state index in [4.69, 9.17) is 18.6 Å². The molecule has 0 atom stereocenters. The maximum Gasteiger partial charge on any atom is 0.379 e. The van der Waals surface area contributed by atoms with Gasteiger partial charge in [-0.05, 0) is 53.8 Å². The van der Waals surface area contributed by atoms with Crippen LogP contribution < -0.4 is 14.2 Å². The number of benzene rings is 3. The van der Waals surface area contributed by atoms with E-state index in [9.17, 15) is 9.59 Å². The molecule has 6 nitrogen and oxygen atoms in total. The highest BCUT2D eigenvalue weighted by Gasteiger charge is 2.31. The highest BCUT2D eigenvalue weighted by Crippen LogP contribution is 2.40. The van der Waals surface area contributed by atoms with E-state index in [0.29, 0.717) is 28.2 Å². The SMILES string of the molecule is COc1cccc2cc(C(=O)Oc3ccc4c(c3C)O/C(=C\c3ccc(C(C)(C)C)cc3)C4=O)oc12. The number of ketones is 1. The van der Waals surface area contributed by atoms with Crippen LogP contribution in [0.25, 0.3) is 17.0 Å². The van der Waals surface area contributed by atoms with Gasteiger partial charge in [0.05, 0.1) is 12.7 Å². The smallest absolute Gasteiger partial charge is 0.379 e. The molecule has 0 saturated heterocycles. The minimum Gasteiger partial charge on any atom is -0.493 e. The summed E-state index contributed by atoms with van der Waals surface area (Å²) in [5.41, 5.74) is 3.56. The minimum atomic E-state index is -0.657. The van der Waals surface area contributed by atoms with Crippen molar-refractivity contribution in [3.05, 3.63) is 94.4 Å². The van der Waals surface area contributed by atoms with Crippen LogP contribution in [0.3, 0.4) is 0 Å². The molecule has 4 aromatic rings. The Bertz CT molecular complexity index is 1530. The summed E-state index contributed by atoms with van der Waals surface area (Å²) in [4.78, 5) is 25.8. The molecule has 0 radical (unpaired) electrons. The molecule has 0 aliphatic carbocycles. The van der Waals surface area contributed by atoms with E-state index in [1.807, 2.05) is 24.3 Å². The van der Waals surface area contributed by atoms with E-state index in [2.05, 4.69) is 32.9 Å². The zero-order valence-electron chi connectivity index (χ0n) is 20.8. The first-order valence-electron chi connectivity index (χ1n) is 11.6. The summed E-state index contributed by atoms with van der Waals surface area (Å²) in [6, 6.07) is 18.2. The number of esters is 1. The summed E-state index contributed by atoms with van der Waals surface area (Å²) < 4.78 is 22.5.